The molecule has 0 fully saturated rings. The number of thiazole rings is 1. The monoisotopic (exact) mass is 383 g/mol. The lowest BCUT2D eigenvalue weighted by Gasteiger charge is -2.12. The summed E-state index contributed by atoms with van der Waals surface area (Å²) < 4.78 is 11.7. The molecule has 140 valence electrons. The third-order valence-electron chi connectivity index (χ3n) is 3.93. The summed E-state index contributed by atoms with van der Waals surface area (Å²) in [7, 11) is 0. The first-order valence-corrected chi connectivity index (χ1v) is 9.49. The lowest BCUT2D eigenvalue weighted by atomic mass is 10.1. The molecule has 5 nitrogen and oxygen atoms in total. The molecule has 1 aromatic heterocycles. The van der Waals surface area contributed by atoms with Crippen molar-refractivity contribution in [1.82, 2.24) is 4.98 Å². The molecular formula is C21H21NO4S. The Morgan fingerprint density at radius 2 is 1.81 bits per heavy atom. The molecule has 0 amide bonds. The molecule has 6 heteroatoms. The molecule has 3 aromatic rings. The van der Waals surface area contributed by atoms with Gasteiger partial charge in [0.25, 0.3) is 0 Å². The van der Waals surface area contributed by atoms with Gasteiger partial charge >= 0.3 is 5.97 Å². The van der Waals surface area contributed by atoms with Crippen LogP contribution in [0, 0.1) is 13.8 Å². The summed E-state index contributed by atoms with van der Waals surface area (Å²) in [5, 5.41) is 11.4. The van der Waals surface area contributed by atoms with E-state index in [4.69, 9.17) is 14.6 Å². The van der Waals surface area contributed by atoms with Crippen molar-refractivity contribution in [3.63, 3.8) is 0 Å². The quantitative estimate of drug-likeness (QED) is 0.580. The number of carboxylic acid groups (broad SMARTS) is 1. The molecule has 0 aliphatic heterocycles. The minimum absolute atomic E-state index is 0.0801. The zero-order chi connectivity index (χ0) is 19.2. The van der Waals surface area contributed by atoms with Gasteiger partial charge in [-0.05, 0) is 37.6 Å². The molecule has 27 heavy (non-hydrogen) atoms. The Bertz CT molecular complexity index is 935. The second kappa shape index (κ2) is 8.68. The molecule has 0 saturated carbocycles. The molecule has 0 unspecified atom stereocenters. The first kappa shape index (κ1) is 18.9. The highest BCUT2D eigenvalue weighted by molar-refractivity contribution is 7.13. The van der Waals surface area contributed by atoms with Gasteiger partial charge in [0, 0.05) is 5.38 Å². The second-order valence-electron chi connectivity index (χ2n) is 6.18. The van der Waals surface area contributed by atoms with Crippen molar-refractivity contribution in [2.75, 3.05) is 13.2 Å². The van der Waals surface area contributed by atoms with Gasteiger partial charge in [-0.3, -0.25) is 4.79 Å². The minimum atomic E-state index is -0.889. The van der Waals surface area contributed by atoms with Crippen LogP contribution in [-0.2, 0) is 11.2 Å². The van der Waals surface area contributed by atoms with Crippen LogP contribution in [0.4, 0.5) is 0 Å². The molecular weight excluding hydrogens is 362 g/mol. The molecule has 0 spiro atoms. The predicted molar refractivity (Wildman–Crippen MR) is 106 cm³/mol. The van der Waals surface area contributed by atoms with E-state index in [9.17, 15) is 4.79 Å². The fourth-order valence-corrected chi connectivity index (χ4v) is 3.55. The molecule has 0 radical (unpaired) electrons. The van der Waals surface area contributed by atoms with Crippen LogP contribution in [0.25, 0.3) is 10.6 Å². The molecule has 0 aliphatic rings. The number of hydrogen-bond donors (Lipinski definition) is 1. The van der Waals surface area contributed by atoms with E-state index in [-0.39, 0.29) is 6.42 Å². The lowest BCUT2D eigenvalue weighted by Crippen LogP contribution is -2.10. The van der Waals surface area contributed by atoms with Crippen LogP contribution in [-0.4, -0.2) is 29.3 Å². The standard InChI is InChI=1S/C21H21NO4S/c1-14-7-8-18(15(2)11-14)25-9-10-26-19-6-4-3-5-17(19)21-22-16(13-27-21)12-20(23)24/h3-8,11,13H,9-10,12H2,1-2H3,(H,23,24). The van der Waals surface area contributed by atoms with Crippen molar-refractivity contribution in [1.29, 1.82) is 0 Å². The Morgan fingerprint density at radius 3 is 2.56 bits per heavy atom. The number of benzene rings is 2. The smallest absolute Gasteiger partial charge is 0.309 e. The van der Waals surface area contributed by atoms with E-state index in [1.165, 1.54) is 16.9 Å². The SMILES string of the molecule is Cc1ccc(OCCOc2ccccc2-c2nc(CC(=O)O)cs2)c(C)c1. The summed E-state index contributed by atoms with van der Waals surface area (Å²) in [6.45, 7) is 4.91. The average molecular weight is 383 g/mol. The molecule has 0 bridgehead atoms. The maximum atomic E-state index is 10.8. The van der Waals surface area contributed by atoms with Crippen molar-refractivity contribution < 1.29 is 19.4 Å². The summed E-state index contributed by atoms with van der Waals surface area (Å²) in [5.41, 5.74) is 3.71. The Hall–Kier alpha value is -2.86. The summed E-state index contributed by atoms with van der Waals surface area (Å²) in [6.07, 6.45) is -0.0801. The molecule has 0 atom stereocenters. The average Bonchev–Trinajstić information content (AvgIpc) is 3.08. The number of aromatic nitrogens is 1. The fraction of sp³-hybridized carbons (Fsp3) is 0.238. The van der Waals surface area contributed by atoms with Gasteiger partial charge in [0.05, 0.1) is 17.7 Å². The van der Waals surface area contributed by atoms with Crippen molar-refractivity contribution in [2.45, 2.75) is 20.3 Å². The molecule has 0 saturated heterocycles. The lowest BCUT2D eigenvalue weighted by molar-refractivity contribution is -0.136. The van der Waals surface area contributed by atoms with Crippen LogP contribution in [0.3, 0.4) is 0 Å². The third-order valence-corrected chi connectivity index (χ3v) is 4.85. The van der Waals surface area contributed by atoms with E-state index in [2.05, 4.69) is 18.0 Å². The van der Waals surface area contributed by atoms with Crippen molar-refractivity contribution in [2.24, 2.45) is 0 Å². The van der Waals surface area contributed by atoms with E-state index < -0.39 is 5.97 Å². The van der Waals surface area contributed by atoms with Gasteiger partial charge < -0.3 is 14.6 Å². The van der Waals surface area contributed by atoms with E-state index in [0.717, 1.165) is 21.9 Å². The topological polar surface area (TPSA) is 68.7 Å². The Morgan fingerprint density at radius 1 is 1.07 bits per heavy atom. The van der Waals surface area contributed by atoms with Gasteiger partial charge in [0.1, 0.15) is 29.7 Å². The zero-order valence-corrected chi connectivity index (χ0v) is 16.1. The Labute approximate surface area is 162 Å². The number of para-hydroxylation sites is 1. The number of carboxylic acids is 1. The highest BCUT2D eigenvalue weighted by Crippen LogP contribution is 2.32. The highest BCUT2D eigenvalue weighted by atomic mass is 32.1. The summed E-state index contributed by atoms with van der Waals surface area (Å²) in [6, 6.07) is 13.7. The number of hydrogen-bond acceptors (Lipinski definition) is 5. The molecule has 1 N–H and O–H groups in total. The number of nitrogens with zero attached hydrogens (tertiary/aromatic N) is 1. The van der Waals surface area contributed by atoms with E-state index in [0.29, 0.717) is 24.7 Å². The molecule has 2 aromatic carbocycles. The molecule has 1 heterocycles. The van der Waals surface area contributed by atoms with Crippen LogP contribution in [0.1, 0.15) is 16.8 Å². The van der Waals surface area contributed by atoms with E-state index >= 15 is 0 Å². The predicted octanol–water partition coefficient (Wildman–Crippen LogP) is 4.51. The van der Waals surface area contributed by atoms with Crippen LogP contribution in [0.15, 0.2) is 47.8 Å². The number of carbonyl (C=O) groups is 1. The van der Waals surface area contributed by atoms with Crippen molar-refractivity contribution in [3.05, 3.63) is 64.7 Å². The fourth-order valence-electron chi connectivity index (χ4n) is 2.70. The maximum Gasteiger partial charge on any atom is 0.309 e. The first-order chi connectivity index (χ1) is 13.0. The summed E-state index contributed by atoms with van der Waals surface area (Å²) >= 11 is 1.41. The van der Waals surface area contributed by atoms with Crippen LogP contribution < -0.4 is 9.47 Å². The van der Waals surface area contributed by atoms with Crippen LogP contribution in [0.5, 0.6) is 11.5 Å². The largest absolute Gasteiger partial charge is 0.490 e. The maximum absolute atomic E-state index is 10.8. The Kier molecular flexibility index (Phi) is 6.08. The van der Waals surface area contributed by atoms with Crippen LogP contribution >= 0.6 is 11.3 Å². The van der Waals surface area contributed by atoms with Gasteiger partial charge in [-0.2, -0.15) is 0 Å². The zero-order valence-electron chi connectivity index (χ0n) is 15.3. The first-order valence-electron chi connectivity index (χ1n) is 8.61. The number of aliphatic carboxylic acids is 1. The Balaban J connectivity index is 1.62. The number of ether oxygens (including phenoxy) is 2. The number of aryl methyl sites for hydroxylation is 2. The van der Waals surface area contributed by atoms with Crippen molar-refractivity contribution in [3.8, 4) is 22.1 Å². The molecule has 3 rings (SSSR count). The third kappa shape index (κ3) is 5.08. The van der Waals surface area contributed by atoms with E-state index in [1.54, 1.807) is 5.38 Å². The van der Waals surface area contributed by atoms with Gasteiger partial charge in [0.15, 0.2) is 0 Å². The minimum Gasteiger partial charge on any atom is -0.490 e. The van der Waals surface area contributed by atoms with Gasteiger partial charge in [0.2, 0.25) is 0 Å². The molecule has 0 aliphatic carbocycles. The number of rotatable bonds is 8. The summed E-state index contributed by atoms with van der Waals surface area (Å²) in [5.74, 6) is 0.675. The highest BCUT2D eigenvalue weighted by Gasteiger charge is 2.12. The van der Waals surface area contributed by atoms with Gasteiger partial charge in [-0.25, -0.2) is 4.98 Å². The second-order valence-corrected chi connectivity index (χ2v) is 7.03. The normalized spacial score (nSPS) is 10.6. The van der Waals surface area contributed by atoms with E-state index in [1.807, 2.05) is 43.3 Å². The van der Waals surface area contributed by atoms with Crippen LogP contribution in [0.2, 0.25) is 0 Å². The van der Waals surface area contributed by atoms with Gasteiger partial charge in [-0.15, -0.1) is 11.3 Å². The summed E-state index contributed by atoms with van der Waals surface area (Å²) in [4.78, 5) is 15.2. The van der Waals surface area contributed by atoms with Crippen molar-refractivity contribution >= 4 is 17.3 Å². The van der Waals surface area contributed by atoms with Gasteiger partial charge in [-0.1, -0.05) is 29.8 Å².